The van der Waals surface area contributed by atoms with Crippen molar-refractivity contribution in [2.24, 2.45) is 0 Å². The lowest BCUT2D eigenvalue weighted by atomic mass is 10.0. The number of fused-ring (bicyclic) bond motifs is 1. The molecule has 1 aromatic carbocycles. The lowest BCUT2D eigenvalue weighted by molar-refractivity contribution is -0.146. The summed E-state index contributed by atoms with van der Waals surface area (Å²) in [6, 6.07) is 5.55. The van der Waals surface area contributed by atoms with Crippen LogP contribution >= 0.6 is 0 Å². The van der Waals surface area contributed by atoms with Crippen LogP contribution < -0.4 is 9.64 Å². The highest BCUT2D eigenvalue weighted by Gasteiger charge is 2.34. The van der Waals surface area contributed by atoms with Gasteiger partial charge in [-0.05, 0) is 56.0 Å². The number of carbonyl (C=O) groups is 2. The second-order valence-electron chi connectivity index (χ2n) is 6.30. The van der Waals surface area contributed by atoms with Crippen molar-refractivity contribution in [2.75, 3.05) is 38.8 Å². The molecule has 1 fully saturated rings. The van der Waals surface area contributed by atoms with Gasteiger partial charge in [-0.2, -0.15) is 0 Å². The standard InChI is InChI=1S/C18H24N2O4/c1-23-14-7-8-15-13(11-14)5-3-10-20(15)17(21)12-19-9-4-6-16(19)18(22)24-2/h7-8,11,16H,3-6,9-10,12H2,1-2H3/t16-/m1/s1. The second-order valence-corrected chi connectivity index (χ2v) is 6.30. The molecule has 6 heteroatoms. The van der Waals surface area contributed by atoms with E-state index in [1.807, 2.05) is 28.0 Å². The molecule has 1 amide bonds. The number of anilines is 1. The van der Waals surface area contributed by atoms with Gasteiger partial charge in [0.25, 0.3) is 0 Å². The van der Waals surface area contributed by atoms with Crippen molar-refractivity contribution < 1.29 is 19.1 Å². The smallest absolute Gasteiger partial charge is 0.323 e. The maximum absolute atomic E-state index is 12.8. The van der Waals surface area contributed by atoms with E-state index in [1.165, 1.54) is 7.11 Å². The maximum Gasteiger partial charge on any atom is 0.323 e. The highest BCUT2D eigenvalue weighted by atomic mass is 16.5. The van der Waals surface area contributed by atoms with Crippen molar-refractivity contribution in [2.45, 2.75) is 31.7 Å². The first kappa shape index (κ1) is 16.8. The van der Waals surface area contributed by atoms with Gasteiger partial charge in [-0.1, -0.05) is 0 Å². The first-order valence-corrected chi connectivity index (χ1v) is 8.43. The van der Waals surface area contributed by atoms with Crippen LogP contribution in [0.25, 0.3) is 0 Å². The minimum absolute atomic E-state index is 0.0388. The number of hydrogen-bond donors (Lipinski definition) is 0. The Morgan fingerprint density at radius 1 is 1.21 bits per heavy atom. The van der Waals surface area contributed by atoms with Crippen LogP contribution in [0, 0.1) is 0 Å². The van der Waals surface area contributed by atoms with Crippen LogP contribution in [0.5, 0.6) is 5.75 Å². The van der Waals surface area contributed by atoms with E-state index in [1.54, 1.807) is 7.11 Å². The number of nitrogens with zero attached hydrogens (tertiary/aromatic N) is 2. The lowest BCUT2D eigenvalue weighted by Crippen LogP contribution is -2.46. The van der Waals surface area contributed by atoms with Gasteiger partial charge in [0.05, 0.1) is 20.8 Å². The number of rotatable bonds is 4. The normalized spacial score (nSPS) is 20.6. The van der Waals surface area contributed by atoms with Crippen molar-refractivity contribution in [1.82, 2.24) is 4.90 Å². The number of carbonyl (C=O) groups excluding carboxylic acids is 2. The van der Waals surface area contributed by atoms with Crippen LogP contribution in [0.2, 0.25) is 0 Å². The predicted octanol–water partition coefficient (Wildman–Crippen LogP) is 1.61. The van der Waals surface area contributed by atoms with Crippen molar-refractivity contribution in [3.05, 3.63) is 23.8 Å². The third kappa shape index (κ3) is 3.24. The molecular formula is C18H24N2O4. The molecule has 24 heavy (non-hydrogen) atoms. The van der Waals surface area contributed by atoms with Crippen LogP contribution in [0.15, 0.2) is 18.2 Å². The van der Waals surface area contributed by atoms with E-state index >= 15 is 0 Å². The van der Waals surface area contributed by atoms with E-state index in [0.29, 0.717) is 0 Å². The summed E-state index contributed by atoms with van der Waals surface area (Å²) >= 11 is 0. The Morgan fingerprint density at radius 2 is 2.04 bits per heavy atom. The summed E-state index contributed by atoms with van der Waals surface area (Å²) < 4.78 is 10.1. The van der Waals surface area contributed by atoms with Crippen LogP contribution in [-0.4, -0.2) is 56.7 Å². The molecule has 0 aromatic heterocycles. The molecule has 2 aliphatic rings. The molecular weight excluding hydrogens is 308 g/mol. The highest BCUT2D eigenvalue weighted by Crippen LogP contribution is 2.31. The summed E-state index contributed by atoms with van der Waals surface area (Å²) in [5, 5.41) is 0. The molecule has 0 unspecified atom stereocenters. The van der Waals surface area contributed by atoms with E-state index in [2.05, 4.69) is 0 Å². The van der Waals surface area contributed by atoms with Crippen molar-refractivity contribution in [3.63, 3.8) is 0 Å². The number of amides is 1. The minimum Gasteiger partial charge on any atom is -0.497 e. The molecule has 1 atom stereocenters. The maximum atomic E-state index is 12.8. The topological polar surface area (TPSA) is 59.1 Å². The molecule has 0 N–H and O–H groups in total. The zero-order valence-corrected chi connectivity index (χ0v) is 14.3. The number of likely N-dealkylation sites (tertiary alicyclic amines) is 1. The van der Waals surface area contributed by atoms with E-state index in [0.717, 1.165) is 55.8 Å². The molecule has 1 saturated heterocycles. The Kier molecular flexibility index (Phi) is 5.04. The predicted molar refractivity (Wildman–Crippen MR) is 90.3 cm³/mol. The van der Waals surface area contributed by atoms with Crippen LogP contribution in [0.1, 0.15) is 24.8 Å². The fraction of sp³-hybridized carbons (Fsp3) is 0.556. The summed E-state index contributed by atoms with van der Waals surface area (Å²) in [6.07, 6.45) is 3.56. The zero-order valence-electron chi connectivity index (χ0n) is 14.3. The molecule has 0 spiro atoms. The molecule has 0 saturated carbocycles. The van der Waals surface area contributed by atoms with E-state index in [4.69, 9.17) is 9.47 Å². The number of ether oxygens (including phenoxy) is 2. The minimum atomic E-state index is -0.293. The quantitative estimate of drug-likeness (QED) is 0.784. The van der Waals surface area contributed by atoms with Crippen LogP contribution in [-0.2, 0) is 20.7 Å². The number of esters is 1. The average molecular weight is 332 g/mol. The summed E-state index contributed by atoms with van der Waals surface area (Å²) in [5.41, 5.74) is 2.10. The number of aryl methyl sites for hydroxylation is 1. The zero-order chi connectivity index (χ0) is 17.1. The fourth-order valence-corrected chi connectivity index (χ4v) is 3.64. The van der Waals surface area contributed by atoms with Crippen molar-refractivity contribution in [3.8, 4) is 5.75 Å². The SMILES string of the molecule is COC(=O)[C@H]1CCCN1CC(=O)N1CCCc2cc(OC)ccc21. The Balaban J connectivity index is 1.73. The van der Waals surface area contributed by atoms with Crippen molar-refractivity contribution >= 4 is 17.6 Å². The molecule has 3 rings (SSSR count). The summed E-state index contributed by atoms with van der Waals surface area (Å²) in [4.78, 5) is 28.5. The first-order chi connectivity index (χ1) is 11.6. The van der Waals surface area contributed by atoms with Gasteiger partial charge in [0, 0.05) is 12.2 Å². The molecule has 0 aliphatic carbocycles. The van der Waals surface area contributed by atoms with Gasteiger partial charge in [-0.25, -0.2) is 0 Å². The van der Waals surface area contributed by atoms with Crippen molar-refractivity contribution in [1.29, 1.82) is 0 Å². The third-order valence-electron chi connectivity index (χ3n) is 4.88. The molecule has 2 heterocycles. The summed E-state index contributed by atoms with van der Waals surface area (Å²) in [7, 11) is 3.04. The van der Waals surface area contributed by atoms with E-state index in [9.17, 15) is 9.59 Å². The van der Waals surface area contributed by atoms with Gasteiger partial charge >= 0.3 is 5.97 Å². The number of hydrogen-bond acceptors (Lipinski definition) is 5. The second kappa shape index (κ2) is 7.21. The molecule has 0 radical (unpaired) electrons. The third-order valence-corrected chi connectivity index (χ3v) is 4.88. The van der Waals surface area contributed by atoms with Crippen LogP contribution in [0.3, 0.4) is 0 Å². The number of benzene rings is 1. The first-order valence-electron chi connectivity index (χ1n) is 8.43. The van der Waals surface area contributed by atoms with Gasteiger partial charge in [0.1, 0.15) is 11.8 Å². The van der Waals surface area contributed by atoms with Crippen LogP contribution in [0.4, 0.5) is 5.69 Å². The van der Waals surface area contributed by atoms with Gasteiger partial charge in [0.2, 0.25) is 5.91 Å². The van der Waals surface area contributed by atoms with Gasteiger partial charge in [0.15, 0.2) is 0 Å². The highest BCUT2D eigenvalue weighted by molar-refractivity contribution is 5.96. The van der Waals surface area contributed by atoms with E-state index in [-0.39, 0.29) is 24.5 Å². The fourth-order valence-electron chi connectivity index (χ4n) is 3.64. The average Bonchev–Trinajstić information content (AvgIpc) is 3.07. The van der Waals surface area contributed by atoms with Gasteiger partial charge in [-0.3, -0.25) is 14.5 Å². The Bertz CT molecular complexity index is 631. The monoisotopic (exact) mass is 332 g/mol. The van der Waals surface area contributed by atoms with E-state index < -0.39 is 0 Å². The Labute approximate surface area is 142 Å². The van der Waals surface area contributed by atoms with Gasteiger partial charge in [-0.15, -0.1) is 0 Å². The molecule has 2 aliphatic heterocycles. The Morgan fingerprint density at radius 3 is 2.79 bits per heavy atom. The summed E-state index contributed by atoms with van der Waals surface area (Å²) in [5.74, 6) is 0.606. The largest absolute Gasteiger partial charge is 0.497 e. The summed E-state index contributed by atoms with van der Waals surface area (Å²) in [6.45, 7) is 1.73. The molecule has 0 bridgehead atoms. The van der Waals surface area contributed by atoms with Gasteiger partial charge < -0.3 is 14.4 Å². The molecule has 1 aromatic rings. The lowest BCUT2D eigenvalue weighted by Gasteiger charge is -2.32. The Hall–Kier alpha value is -2.08. The molecule has 130 valence electrons. The molecule has 6 nitrogen and oxygen atoms in total. The number of methoxy groups -OCH3 is 2.